The van der Waals surface area contributed by atoms with E-state index in [-0.39, 0.29) is 5.91 Å². The van der Waals surface area contributed by atoms with Gasteiger partial charge in [0, 0.05) is 18.7 Å². The lowest BCUT2D eigenvalue weighted by Gasteiger charge is -2.32. The summed E-state index contributed by atoms with van der Waals surface area (Å²) < 4.78 is 5.42. The highest BCUT2D eigenvalue weighted by molar-refractivity contribution is 5.88. The van der Waals surface area contributed by atoms with E-state index in [9.17, 15) is 4.79 Å². The van der Waals surface area contributed by atoms with Crippen LogP contribution >= 0.6 is 0 Å². The second-order valence-electron chi connectivity index (χ2n) is 6.03. The molecule has 110 valence electrons. The highest BCUT2D eigenvalue weighted by Crippen LogP contribution is 2.33. The summed E-state index contributed by atoms with van der Waals surface area (Å²) in [7, 11) is 1.66. The van der Waals surface area contributed by atoms with Crippen LogP contribution in [0.1, 0.15) is 45.1 Å². The van der Waals surface area contributed by atoms with E-state index in [2.05, 4.69) is 0 Å². The third kappa shape index (κ3) is 2.97. The summed E-state index contributed by atoms with van der Waals surface area (Å²) in [5, 5.41) is 0. The Labute approximate surface area is 121 Å². The van der Waals surface area contributed by atoms with Gasteiger partial charge in [0.05, 0.1) is 12.5 Å². The van der Waals surface area contributed by atoms with E-state index >= 15 is 0 Å². The van der Waals surface area contributed by atoms with Gasteiger partial charge in [-0.25, -0.2) is 0 Å². The van der Waals surface area contributed by atoms with Crippen molar-refractivity contribution >= 4 is 5.91 Å². The SMILES string of the molecule is COc1ccccc1C(C)(C)C(=O)N1CCCCCC1. The van der Waals surface area contributed by atoms with Crippen molar-refractivity contribution in [3.8, 4) is 5.75 Å². The minimum atomic E-state index is -0.545. The van der Waals surface area contributed by atoms with Gasteiger partial charge in [0.2, 0.25) is 5.91 Å². The number of likely N-dealkylation sites (tertiary alicyclic amines) is 1. The first-order chi connectivity index (χ1) is 9.57. The van der Waals surface area contributed by atoms with Crippen molar-refractivity contribution in [1.82, 2.24) is 4.90 Å². The molecule has 1 aliphatic rings. The van der Waals surface area contributed by atoms with Crippen LogP contribution in [-0.4, -0.2) is 31.0 Å². The molecule has 1 aromatic carbocycles. The first kappa shape index (κ1) is 14.9. The minimum Gasteiger partial charge on any atom is -0.496 e. The van der Waals surface area contributed by atoms with Crippen LogP contribution in [0.5, 0.6) is 5.75 Å². The molecule has 0 unspecified atom stereocenters. The van der Waals surface area contributed by atoms with Crippen LogP contribution in [0.4, 0.5) is 0 Å². The van der Waals surface area contributed by atoms with Gasteiger partial charge in [0.15, 0.2) is 0 Å². The van der Waals surface area contributed by atoms with E-state index in [0.717, 1.165) is 37.2 Å². The molecule has 3 nitrogen and oxygen atoms in total. The summed E-state index contributed by atoms with van der Waals surface area (Å²) in [4.78, 5) is 14.9. The molecule has 1 aromatic rings. The van der Waals surface area contributed by atoms with Gasteiger partial charge in [-0.3, -0.25) is 4.79 Å². The Hall–Kier alpha value is -1.51. The second kappa shape index (κ2) is 6.29. The Balaban J connectivity index is 2.26. The molecular weight excluding hydrogens is 250 g/mol. The Kier molecular flexibility index (Phi) is 4.69. The number of carbonyl (C=O) groups is 1. The van der Waals surface area contributed by atoms with Crippen LogP contribution in [0, 0.1) is 0 Å². The van der Waals surface area contributed by atoms with Gasteiger partial charge in [0.25, 0.3) is 0 Å². The smallest absolute Gasteiger partial charge is 0.232 e. The van der Waals surface area contributed by atoms with Crippen LogP contribution in [0.15, 0.2) is 24.3 Å². The Morgan fingerprint density at radius 3 is 2.30 bits per heavy atom. The number of hydrogen-bond acceptors (Lipinski definition) is 2. The third-order valence-corrected chi connectivity index (χ3v) is 4.21. The number of ether oxygens (including phenoxy) is 1. The zero-order chi connectivity index (χ0) is 14.6. The zero-order valence-electron chi connectivity index (χ0n) is 12.8. The number of hydrogen-bond donors (Lipinski definition) is 0. The first-order valence-corrected chi connectivity index (χ1v) is 7.50. The molecule has 0 saturated carbocycles. The highest BCUT2D eigenvalue weighted by Gasteiger charge is 2.35. The average Bonchev–Trinajstić information content (AvgIpc) is 2.75. The summed E-state index contributed by atoms with van der Waals surface area (Å²) in [6.07, 6.45) is 4.71. The molecule has 20 heavy (non-hydrogen) atoms. The van der Waals surface area contributed by atoms with Gasteiger partial charge >= 0.3 is 0 Å². The summed E-state index contributed by atoms with van der Waals surface area (Å²) >= 11 is 0. The summed E-state index contributed by atoms with van der Waals surface area (Å²) in [6, 6.07) is 7.82. The third-order valence-electron chi connectivity index (χ3n) is 4.21. The minimum absolute atomic E-state index is 0.212. The monoisotopic (exact) mass is 275 g/mol. The number of benzene rings is 1. The Morgan fingerprint density at radius 1 is 1.10 bits per heavy atom. The molecule has 0 aliphatic carbocycles. The molecule has 1 saturated heterocycles. The lowest BCUT2D eigenvalue weighted by Crippen LogP contribution is -2.44. The first-order valence-electron chi connectivity index (χ1n) is 7.50. The number of amides is 1. The predicted octanol–water partition coefficient (Wildman–Crippen LogP) is 3.38. The molecule has 0 atom stereocenters. The second-order valence-corrected chi connectivity index (χ2v) is 6.03. The molecule has 0 radical (unpaired) electrons. The van der Waals surface area contributed by atoms with Gasteiger partial charge in [-0.15, -0.1) is 0 Å². The van der Waals surface area contributed by atoms with Crippen LogP contribution in [0.25, 0.3) is 0 Å². The van der Waals surface area contributed by atoms with Gasteiger partial charge < -0.3 is 9.64 Å². The molecule has 1 heterocycles. The van der Waals surface area contributed by atoms with Crippen molar-refractivity contribution in [2.24, 2.45) is 0 Å². The van der Waals surface area contributed by atoms with E-state index in [1.807, 2.05) is 43.0 Å². The normalized spacial score (nSPS) is 16.6. The van der Waals surface area contributed by atoms with E-state index in [0.29, 0.717) is 0 Å². The maximum atomic E-state index is 12.9. The number of methoxy groups -OCH3 is 1. The largest absolute Gasteiger partial charge is 0.496 e. The van der Waals surface area contributed by atoms with Crippen LogP contribution in [-0.2, 0) is 10.2 Å². The average molecular weight is 275 g/mol. The van der Waals surface area contributed by atoms with Crippen molar-refractivity contribution in [2.75, 3.05) is 20.2 Å². The maximum absolute atomic E-state index is 12.9. The molecule has 0 bridgehead atoms. The summed E-state index contributed by atoms with van der Waals surface area (Å²) in [5.41, 5.74) is 0.425. The predicted molar refractivity (Wildman–Crippen MR) is 81.1 cm³/mol. The molecule has 3 heteroatoms. The number of nitrogens with zero attached hydrogens (tertiary/aromatic N) is 1. The van der Waals surface area contributed by atoms with E-state index in [1.54, 1.807) is 7.11 Å². The van der Waals surface area contributed by atoms with E-state index < -0.39 is 5.41 Å². The Bertz CT molecular complexity index is 460. The van der Waals surface area contributed by atoms with Crippen molar-refractivity contribution < 1.29 is 9.53 Å². The van der Waals surface area contributed by atoms with Gasteiger partial charge in [-0.05, 0) is 32.8 Å². The fraction of sp³-hybridized carbons (Fsp3) is 0.588. The molecular formula is C17H25NO2. The molecule has 0 N–H and O–H groups in total. The fourth-order valence-corrected chi connectivity index (χ4v) is 2.95. The lowest BCUT2D eigenvalue weighted by molar-refractivity contribution is -0.136. The maximum Gasteiger partial charge on any atom is 0.232 e. The Morgan fingerprint density at radius 2 is 1.70 bits per heavy atom. The van der Waals surface area contributed by atoms with Crippen LogP contribution < -0.4 is 4.74 Å². The van der Waals surface area contributed by atoms with Gasteiger partial charge in [-0.1, -0.05) is 31.0 Å². The lowest BCUT2D eigenvalue weighted by atomic mass is 9.82. The van der Waals surface area contributed by atoms with Crippen LogP contribution in [0.3, 0.4) is 0 Å². The van der Waals surface area contributed by atoms with Gasteiger partial charge in [0.1, 0.15) is 5.75 Å². The molecule has 1 amide bonds. The quantitative estimate of drug-likeness (QED) is 0.846. The van der Waals surface area contributed by atoms with Crippen molar-refractivity contribution in [3.05, 3.63) is 29.8 Å². The topological polar surface area (TPSA) is 29.5 Å². The molecule has 0 aromatic heterocycles. The van der Waals surface area contributed by atoms with Crippen molar-refractivity contribution in [2.45, 2.75) is 44.9 Å². The molecule has 2 rings (SSSR count). The van der Waals surface area contributed by atoms with Crippen molar-refractivity contribution in [3.63, 3.8) is 0 Å². The number of carbonyl (C=O) groups excluding carboxylic acids is 1. The van der Waals surface area contributed by atoms with Crippen molar-refractivity contribution in [1.29, 1.82) is 0 Å². The molecule has 0 spiro atoms. The van der Waals surface area contributed by atoms with E-state index in [1.165, 1.54) is 12.8 Å². The van der Waals surface area contributed by atoms with Crippen LogP contribution in [0.2, 0.25) is 0 Å². The zero-order valence-corrected chi connectivity index (χ0v) is 12.8. The summed E-state index contributed by atoms with van der Waals surface area (Å²) in [5.74, 6) is 1.00. The summed E-state index contributed by atoms with van der Waals surface area (Å²) in [6.45, 7) is 5.77. The number of para-hydroxylation sites is 1. The molecule has 1 aliphatic heterocycles. The number of rotatable bonds is 3. The molecule has 1 fully saturated rings. The fourth-order valence-electron chi connectivity index (χ4n) is 2.95. The van der Waals surface area contributed by atoms with Gasteiger partial charge in [-0.2, -0.15) is 0 Å². The highest BCUT2D eigenvalue weighted by atomic mass is 16.5. The van der Waals surface area contributed by atoms with E-state index in [4.69, 9.17) is 4.74 Å². The standard InChI is InChI=1S/C17H25NO2/c1-17(2,14-10-6-7-11-15(14)20-3)16(19)18-12-8-4-5-9-13-18/h6-7,10-11H,4-5,8-9,12-13H2,1-3H3.